The second-order valence-corrected chi connectivity index (χ2v) is 23.1. The highest BCUT2D eigenvalue weighted by molar-refractivity contribution is 5.74. The van der Waals surface area contributed by atoms with Gasteiger partial charge in [0.2, 0.25) is 0 Å². The van der Waals surface area contributed by atoms with E-state index in [2.05, 4.69) is 20.8 Å². The molecule has 0 aromatic rings. The molecular formula is C65H122O12. The van der Waals surface area contributed by atoms with Crippen LogP contribution >= 0.6 is 0 Å². The standard InChI is InChI=1S/C65H122O12/c1-4-7-10-13-16-19-22-25-27-29-31-34-36-39-42-45-48-51-57(66)73-54-56(75-58(67)52-49-46-43-40-38-35-32-30-28-26-23-20-17-14-11-8-5-2)55-74-65-63(61(70)60(69)62(77-65)64(71)72)76-59(68)53-50-47-44-41-37-33-24-21-18-15-12-9-6-3/h56,60-63,65,69-70H,4-55H2,1-3H3,(H,71,72). The summed E-state index contributed by atoms with van der Waals surface area (Å²) < 4.78 is 28.6. The summed E-state index contributed by atoms with van der Waals surface area (Å²) >= 11 is 0. The zero-order chi connectivity index (χ0) is 56.1. The number of carbonyl (C=O) groups is 4. The Morgan fingerprint density at radius 1 is 0.377 bits per heavy atom. The predicted molar refractivity (Wildman–Crippen MR) is 313 cm³/mol. The van der Waals surface area contributed by atoms with Crippen molar-refractivity contribution in [1.29, 1.82) is 0 Å². The highest BCUT2D eigenvalue weighted by Gasteiger charge is 2.50. The normalized spacial score (nSPS) is 17.9. The zero-order valence-corrected chi connectivity index (χ0v) is 50.2. The van der Waals surface area contributed by atoms with E-state index < -0.39 is 67.3 Å². The Labute approximate surface area is 472 Å². The molecule has 1 heterocycles. The van der Waals surface area contributed by atoms with Crippen molar-refractivity contribution >= 4 is 23.9 Å². The van der Waals surface area contributed by atoms with Crippen molar-refractivity contribution < 1.29 is 58.2 Å². The minimum atomic E-state index is -1.89. The summed E-state index contributed by atoms with van der Waals surface area (Å²) in [4.78, 5) is 51.3. The number of ether oxygens (including phenoxy) is 5. The Hall–Kier alpha value is -2.28. The van der Waals surface area contributed by atoms with Gasteiger partial charge in [-0.05, 0) is 19.3 Å². The van der Waals surface area contributed by atoms with Crippen molar-refractivity contribution in [2.75, 3.05) is 13.2 Å². The Morgan fingerprint density at radius 3 is 0.974 bits per heavy atom. The van der Waals surface area contributed by atoms with Crippen LogP contribution in [0.25, 0.3) is 0 Å². The summed E-state index contributed by atoms with van der Waals surface area (Å²) in [6.45, 7) is 6.06. The number of carboxylic acids is 1. The molecule has 0 aromatic heterocycles. The van der Waals surface area contributed by atoms with Gasteiger partial charge < -0.3 is 39.0 Å². The number of hydrogen-bond donors (Lipinski definition) is 3. The average Bonchev–Trinajstić information content (AvgIpc) is 3.42. The summed E-state index contributed by atoms with van der Waals surface area (Å²) in [7, 11) is 0. The first kappa shape index (κ1) is 72.7. The van der Waals surface area contributed by atoms with Gasteiger partial charge in [-0.1, -0.05) is 303 Å². The fraction of sp³-hybridized carbons (Fsp3) is 0.938. The van der Waals surface area contributed by atoms with Crippen molar-refractivity contribution in [3.05, 3.63) is 0 Å². The molecule has 12 heteroatoms. The lowest BCUT2D eigenvalue weighted by atomic mass is 9.98. The summed E-state index contributed by atoms with van der Waals surface area (Å²) in [5, 5.41) is 31.5. The first-order valence-corrected chi connectivity index (χ1v) is 33.0. The van der Waals surface area contributed by atoms with E-state index in [4.69, 9.17) is 23.7 Å². The number of rotatable bonds is 58. The SMILES string of the molecule is CCCCCCCCCCCCCCCCCCCC(=O)OCC(COC1OC(C(=O)O)C(O)C(O)C1OC(=O)CCCCCCCCCCCCCCC)OC(=O)CCCCCCCCCCCCCCCCCCC. The van der Waals surface area contributed by atoms with E-state index in [0.29, 0.717) is 19.3 Å². The van der Waals surface area contributed by atoms with E-state index in [1.807, 2.05) is 0 Å². The molecule has 6 atom stereocenters. The van der Waals surface area contributed by atoms with Crippen LogP contribution in [0.5, 0.6) is 0 Å². The van der Waals surface area contributed by atoms with E-state index in [-0.39, 0.29) is 25.9 Å². The molecular weight excluding hydrogens is 973 g/mol. The molecule has 1 rings (SSSR count). The Morgan fingerprint density at radius 2 is 0.662 bits per heavy atom. The molecule has 0 spiro atoms. The van der Waals surface area contributed by atoms with Crippen LogP contribution in [-0.2, 0) is 42.9 Å². The average molecular weight is 1100 g/mol. The number of aliphatic hydroxyl groups is 2. The summed E-state index contributed by atoms with van der Waals surface area (Å²) in [5.74, 6) is -3.06. The van der Waals surface area contributed by atoms with Gasteiger partial charge in [0.25, 0.3) is 0 Å². The molecule has 0 aromatic carbocycles. The fourth-order valence-corrected chi connectivity index (χ4v) is 10.6. The molecule has 6 unspecified atom stereocenters. The van der Waals surface area contributed by atoms with Gasteiger partial charge in [0.05, 0.1) is 6.61 Å². The molecule has 1 fully saturated rings. The van der Waals surface area contributed by atoms with Crippen molar-refractivity contribution in [1.82, 2.24) is 0 Å². The highest BCUT2D eigenvalue weighted by Crippen LogP contribution is 2.27. The van der Waals surface area contributed by atoms with E-state index in [0.717, 1.165) is 57.8 Å². The van der Waals surface area contributed by atoms with Crippen molar-refractivity contribution in [3.8, 4) is 0 Å². The van der Waals surface area contributed by atoms with Crippen molar-refractivity contribution in [2.24, 2.45) is 0 Å². The van der Waals surface area contributed by atoms with Gasteiger partial charge in [0, 0.05) is 19.3 Å². The third-order valence-electron chi connectivity index (χ3n) is 15.7. The molecule has 0 radical (unpaired) electrons. The maximum Gasteiger partial charge on any atom is 0.335 e. The summed E-state index contributed by atoms with van der Waals surface area (Å²) in [6.07, 6.45) is 47.8. The third kappa shape index (κ3) is 44.1. The molecule has 454 valence electrons. The second-order valence-electron chi connectivity index (χ2n) is 23.1. The van der Waals surface area contributed by atoms with Gasteiger partial charge in [-0.3, -0.25) is 14.4 Å². The zero-order valence-electron chi connectivity index (χ0n) is 50.2. The van der Waals surface area contributed by atoms with Gasteiger partial charge in [-0.2, -0.15) is 0 Å². The molecule has 0 saturated carbocycles. The van der Waals surface area contributed by atoms with Gasteiger partial charge in [0.15, 0.2) is 24.6 Å². The van der Waals surface area contributed by atoms with Crippen LogP contribution in [0.15, 0.2) is 0 Å². The molecule has 1 aliphatic rings. The molecule has 1 saturated heterocycles. The minimum Gasteiger partial charge on any atom is -0.479 e. The number of aliphatic hydroxyl groups excluding tert-OH is 2. The molecule has 3 N–H and O–H groups in total. The number of hydrogen-bond acceptors (Lipinski definition) is 11. The third-order valence-corrected chi connectivity index (χ3v) is 15.7. The van der Waals surface area contributed by atoms with E-state index >= 15 is 0 Å². The van der Waals surface area contributed by atoms with E-state index in [1.54, 1.807) is 0 Å². The second kappa shape index (κ2) is 54.3. The maximum atomic E-state index is 13.2. The van der Waals surface area contributed by atoms with Gasteiger partial charge in [0.1, 0.15) is 18.8 Å². The number of carboxylic acid groups (broad SMARTS) is 1. The van der Waals surface area contributed by atoms with Crippen LogP contribution in [0, 0.1) is 0 Å². The predicted octanol–water partition coefficient (Wildman–Crippen LogP) is 17.5. The smallest absolute Gasteiger partial charge is 0.335 e. The maximum absolute atomic E-state index is 13.2. The fourth-order valence-electron chi connectivity index (χ4n) is 10.6. The van der Waals surface area contributed by atoms with Crippen LogP contribution in [0.3, 0.4) is 0 Å². The molecule has 0 amide bonds. The lowest BCUT2D eigenvalue weighted by molar-refractivity contribution is -0.301. The van der Waals surface area contributed by atoms with Gasteiger partial charge in [-0.15, -0.1) is 0 Å². The molecule has 1 aliphatic heterocycles. The quantitative estimate of drug-likeness (QED) is 0.0299. The topological polar surface area (TPSA) is 175 Å². The highest BCUT2D eigenvalue weighted by atomic mass is 16.7. The lowest BCUT2D eigenvalue weighted by Gasteiger charge is -2.40. The monoisotopic (exact) mass is 1090 g/mol. The Balaban J connectivity index is 2.62. The summed E-state index contributed by atoms with van der Waals surface area (Å²) in [6, 6.07) is 0. The largest absolute Gasteiger partial charge is 0.479 e. The van der Waals surface area contributed by atoms with Gasteiger partial charge in [-0.25, -0.2) is 4.79 Å². The van der Waals surface area contributed by atoms with Crippen LogP contribution in [0.1, 0.15) is 342 Å². The van der Waals surface area contributed by atoms with Crippen LogP contribution in [0.4, 0.5) is 0 Å². The van der Waals surface area contributed by atoms with Gasteiger partial charge >= 0.3 is 23.9 Å². The first-order valence-electron chi connectivity index (χ1n) is 33.0. The Kier molecular flexibility index (Phi) is 51.3. The number of carbonyl (C=O) groups excluding carboxylic acids is 3. The van der Waals surface area contributed by atoms with Crippen LogP contribution < -0.4 is 0 Å². The molecule has 0 aliphatic carbocycles. The lowest BCUT2D eigenvalue weighted by Crippen LogP contribution is -2.61. The summed E-state index contributed by atoms with van der Waals surface area (Å²) in [5.41, 5.74) is 0. The van der Waals surface area contributed by atoms with Crippen LogP contribution in [-0.4, -0.2) is 89.2 Å². The Bertz CT molecular complexity index is 1340. The number of esters is 3. The first-order chi connectivity index (χ1) is 37.6. The molecule has 12 nitrogen and oxygen atoms in total. The van der Waals surface area contributed by atoms with Crippen molar-refractivity contribution in [2.45, 2.75) is 379 Å². The van der Waals surface area contributed by atoms with E-state index in [1.165, 1.54) is 225 Å². The molecule has 0 bridgehead atoms. The molecule has 77 heavy (non-hydrogen) atoms. The van der Waals surface area contributed by atoms with E-state index in [9.17, 15) is 34.5 Å². The van der Waals surface area contributed by atoms with Crippen molar-refractivity contribution in [3.63, 3.8) is 0 Å². The number of unbranched alkanes of at least 4 members (excludes halogenated alkanes) is 44. The van der Waals surface area contributed by atoms with Crippen LogP contribution in [0.2, 0.25) is 0 Å². The minimum absolute atomic E-state index is 0.0706. The number of aliphatic carboxylic acids is 1.